The van der Waals surface area contributed by atoms with Crippen molar-refractivity contribution >= 4 is 23.0 Å². The lowest BCUT2D eigenvalue weighted by Gasteiger charge is -2.39. The summed E-state index contributed by atoms with van der Waals surface area (Å²) in [6.07, 6.45) is 4.26. The van der Waals surface area contributed by atoms with Gasteiger partial charge >= 0.3 is 0 Å². The topological polar surface area (TPSA) is 63.3 Å². The van der Waals surface area contributed by atoms with Crippen LogP contribution in [0.2, 0.25) is 0 Å². The number of benzene rings is 1. The molecule has 1 aromatic heterocycles. The molecule has 1 aromatic carbocycles. The zero-order valence-electron chi connectivity index (χ0n) is 14.2. The second-order valence-electron chi connectivity index (χ2n) is 6.16. The van der Waals surface area contributed by atoms with Crippen molar-refractivity contribution in [1.82, 2.24) is 14.8 Å². The Morgan fingerprint density at radius 1 is 1.32 bits per heavy atom. The molecule has 132 valence electrons. The SMILES string of the molecule is CCCCNC(=S)N1CCn2cccc2[C@@H]1c1ccc([N+](=O)[O-])cc1. The van der Waals surface area contributed by atoms with Crippen LogP contribution >= 0.6 is 12.2 Å². The highest BCUT2D eigenvalue weighted by Gasteiger charge is 2.30. The number of nitro groups is 1. The van der Waals surface area contributed by atoms with Crippen LogP contribution in [0, 0.1) is 10.1 Å². The zero-order chi connectivity index (χ0) is 17.8. The first-order valence-corrected chi connectivity index (χ1v) is 8.96. The zero-order valence-corrected chi connectivity index (χ0v) is 15.0. The van der Waals surface area contributed by atoms with E-state index in [0.717, 1.165) is 48.8 Å². The molecular formula is C18H22N4O2S. The minimum absolute atomic E-state index is 0.0359. The lowest BCUT2D eigenvalue weighted by atomic mass is 10.00. The van der Waals surface area contributed by atoms with Gasteiger partial charge in [-0.25, -0.2) is 0 Å². The molecule has 25 heavy (non-hydrogen) atoms. The van der Waals surface area contributed by atoms with Gasteiger partial charge in [-0.2, -0.15) is 0 Å². The Balaban J connectivity index is 1.90. The van der Waals surface area contributed by atoms with Gasteiger partial charge in [0.05, 0.1) is 11.0 Å². The van der Waals surface area contributed by atoms with Crippen molar-refractivity contribution in [2.45, 2.75) is 32.4 Å². The molecule has 0 radical (unpaired) electrons. The van der Waals surface area contributed by atoms with Crippen LogP contribution in [-0.2, 0) is 6.54 Å². The van der Waals surface area contributed by atoms with Crippen LogP contribution in [0.3, 0.4) is 0 Å². The number of rotatable bonds is 5. The maximum atomic E-state index is 10.9. The average molecular weight is 358 g/mol. The average Bonchev–Trinajstić information content (AvgIpc) is 3.09. The van der Waals surface area contributed by atoms with E-state index in [0.29, 0.717) is 0 Å². The summed E-state index contributed by atoms with van der Waals surface area (Å²) in [6.45, 7) is 4.70. The smallest absolute Gasteiger partial charge is 0.269 e. The molecule has 6 nitrogen and oxygen atoms in total. The molecule has 0 saturated heterocycles. The molecule has 0 aliphatic carbocycles. The van der Waals surface area contributed by atoms with Crippen LogP contribution < -0.4 is 5.32 Å². The van der Waals surface area contributed by atoms with Crippen LogP contribution in [-0.4, -0.2) is 32.6 Å². The predicted octanol–water partition coefficient (Wildman–Crippen LogP) is 3.48. The Morgan fingerprint density at radius 3 is 2.76 bits per heavy atom. The molecule has 2 heterocycles. The maximum absolute atomic E-state index is 10.9. The van der Waals surface area contributed by atoms with Crippen molar-refractivity contribution in [1.29, 1.82) is 0 Å². The second kappa shape index (κ2) is 7.65. The molecule has 7 heteroatoms. The van der Waals surface area contributed by atoms with Gasteiger partial charge in [0.1, 0.15) is 0 Å². The minimum Gasteiger partial charge on any atom is -0.363 e. The van der Waals surface area contributed by atoms with Crippen LogP contribution in [0.25, 0.3) is 0 Å². The summed E-state index contributed by atoms with van der Waals surface area (Å²) in [5, 5.41) is 15.0. The molecule has 0 saturated carbocycles. The summed E-state index contributed by atoms with van der Waals surface area (Å²) >= 11 is 5.63. The van der Waals surface area contributed by atoms with Crippen molar-refractivity contribution in [3.8, 4) is 0 Å². The van der Waals surface area contributed by atoms with E-state index in [1.807, 2.05) is 18.2 Å². The van der Waals surface area contributed by atoms with Crippen molar-refractivity contribution in [3.63, 3.8) is 0 Å². The molecule has 0 bridgehead atoms. The van der Waals surface area contributed by atoms with Crippen LogP contribution in [0.15, 0.2) is 42.6 Å². The highest BCUT2D eigenvalue weighted by molar-refractivity contribution is 7.80. The van der Waals surface area contributed by atoms with Gasteiger partial charge in [-0.3, -0.25) is 10.1 Å². The Kier molecular flexibility index (Phi) is 5.33. The van der Waals surface area contributed by atoms with E-state index in [4.69, 9.17) is 12.2 Å². The normalized spacial score (nSPS) is 16.4. The van der Waals surface area contributed by atoms with Gasteiger partial charge in [-0.15, -0.1) is 0 Å². The molecule has 1 N–H and O–H groups in total. The molecule has 0 fully saturated rings. The summed E-state index contributed by atoms with van der Waals surface area (Å²) in [5.74, 6) is 0. The summed E-state index contributed by atoms with van der Waals surface area (Å²) in [5.41, 5.74) is 2.26. The first-order chi connectivity index (χ1) is 12.1. The first-order valence-electron chi connectivity index (χ1n) is 8.55. The van der Waals surface area contributed by atoms with Gasteiger partial charge in [0.15, 0.2) is 5.11 Å². The van der Waals surface area contributed by atoms with E-state index in [-0.39, 0.29) is 16.7 Å². The predicted molar refractivity (Wildman–Crippen MR) is 102 cm³/mol. The first kappa shape index (κ1) is 17.4. The Bertz CT molecular complexity index is 757. The number of nitrogens with zero attached hydrogens (tertiary/aromatic N) is 3. The molecule has 1 aliphatic heterocycles. The van der Waals surface area contributed by atoms with Crippen molar-refractivity contribution in [2.75, 3.05) is 13.1 Å². The third kappa shape index (κ3) is 3.66. The maximum Gasteiger partial charge on any atom is 0.269 e. The number of hydrogen-bond acceptors (Lipinski definition) is 3. The van der Waals surface area contributed by atoms with Crippen LogP contribution in [0.4, 0.5) is 5.69 Å². The molecule has 1 atom stereocenters. The fourth-order valence-electron chi connectivity index (χ4n) is 3.20. The van der Waals surface area contributed by atoms with Gasteiger partial charge in [0, 0.05) is 43.7 Å². The van der Waals surface area contributed by atoms with E-state index in [1.54, 1.807) is 12.1 Å². The fourth-order valence-corrected chi connectivity index (χ4v) is 3.50. The third-order valence-electron chi connectivity index (χ3n) is 4.53. The number of aromatic nitrogens is 1. The summed E-state index contributed by atoms with van der Waals surface area (Å²) < 4.78 is 2.22. The lowest BCUT2D eigenvalue weighted by Crippen LogP contribution is -2.47. The van der Waals surface area contributed by atoms with Crippen molar-refractivity contribution in [2.24, 2.45) is 0 Å². The summed E-state index contributed by atoms with van der Waals surface area (Å²) in [4.78, 5) is 12.7. The van der Waals surface area contributed by atoms with E-state index in [9.17, 15) is 10.1 Å². The number of hydrogen-bond donors (Lipinski definition) is 1. The Morgan fingerprint density at radius 2 is 2.08 bits per heavy atom. The van der Waals surface area contributed by atoms with Gasteiger partial charge in [0.25, 0.3) is 5.69 Å². The van der Waals surface area contributed by atoms with Crippen LogP contribution in [0.1, 0.15) is 37.1 Å². The lowest BCUT2D eigenvalue weighted by molar-refractivity contribution is -0.384. The van der Waals surface area contributed by atoms with E-state index in [1.165, 1.54) is 0 Å². The van der Waals surface area contributed by atoms with E-state index >= 15 is 0 Å². The third-order valence-corrected chi connectivity index (χ3v) is 4.90. The molecular weight excluding hydrogens is 336 g/mol. The molecule has 0 amide bonds. The highest BCUT2D eigenvalue weighted by Crippen LogP contribution is 2.33. The molecule has 1 aliphatic rings. The van der Waals surface area contributed by atoms with Gasteiger partial charge in [-0.1, -0.05) is 13.3 Å². The highest BCUT2D eigenvalue weighted by atomic mass is 32.1. The van der Waals surface area contributed by atoms with Crippen molar-refractivity contribution < 1.29 is 4.92 Å². The number of nitro benzene ring substituents is 1. The number of fused-ring (bicyclic) bond motifs is 1. The van der Waals surface area contributed by atoms with E-state index in [2.05, 4.69) is 34.0 Å². The fraction of sp³-hybridized carbons (Fsp3) is 0.389. The number of unbranched alkanes of at least 4 members (excludes halogenated alkanes) is 1. The summed E-state index contributed by atoms with van der Waals surface area (Å²) in [7, 11) is 0. The van der Waals surface area contributed by atoms with E-state index < -0.39 is 0 Å². The molecule has 0 spiro atoms. The largest absolute Gasteiger partial charge is 0.363 e. The standard InChI is InChI=1S/C18H22N4O2S/c1-2-3-10-19-18(25)21-13-12-20-11-4-5-16(20)17(21)14-6-8-15(9-7-14)22(23)24/h4-9,11,17H,2-3,10,12-13H2,1H3,(H,19,25)/t17-/m0/s1. The van der Waals surface area contributed by atoms with Gasteiger partial charge in [-0.05, 0) is 48.5 Å². The molecule has 2 aromatic rings. The van der Waals surface area contributed by atoms with Gasteiger partial charge in [0.2, 0.25) is 0 Å². The van der Waals surface area contributed by atoms with Crippen molar-refractivity contribution in [3.05, 3.63) is 64.0 Å². The molecule has 0 unspecified atom stereocenters. The summed E-state index contributed by atoms with van der Waals surface area (Å²) in [6, 6.07) is 10.9. The van der Waals surface area contributed by atoms with Crippen LogP contribution in [0.5, 0.6) is 0 Å². The molecule has 3 rings (SSSR count). The number of thiocarbonyl (C=S) groups is 1. The monoisotopic (exact) mass is 358 g/mol. The number of non-ortho nitro benzene ring substituents is 1. The quantitative estimate of drug-likeness (QED) is 0.384. The number of nitrogens with one attached hydrogen (secondary N) is 1. The second-order valence-corrected chi connectivity index (χ2v) is 6.54. The van der Waals surface area contributed by atoms with Gasteiger partial charge < -0.3 is 14.8 Å². The Hall–Kier alpha value is -2.41. The minimum atomic E-state index is -0.373. The Labute approximate surface area is 152 Å².